The minimum Gasteiger partial charge on any atom is -0.440 e. The maximum absolute atomic E-state index is 5.27. The molecule has 1 aliphatic carbocycles. The van der Waals surface area contributed by atoms with Crippen molar-refractivity contribution in [1.82, 2.24) is 4.98 Å². The van der Waals surface area contributed by atoms with Crippen molar-refractivity contribution in [3.63, 3.8) is 0 Å². The second-order valence-corrected chi connectivity index (χ2v) is 5.16. The highest BCUT2D eigenvalue weighted by Crippen LogP contribution is 2.50. The number of oxazole rings is 1. The van der Waals surface area contributed by atoms with Crippen molar-refractivity contribution >= 4 is 27.7 Å². The van der Waals surface area contributed by atoms with E-state index in [9.17, 15) is 0 Å². The zero-order valence-corrected chi connectivity index (χ0v) is 9.95. The molecule has 72 valence electrons. The van der Waals surface area contributed by atoms with Crippen LogP contribution in [0.5, 0.6) is 0 Å². The van der Waals surface area contributed by atoms with E-state index < -0.39 is 0 Å². The van der Waals surface area contributed by atoms with Crippen LogP contribution in [0, 0.1) is 12.3 Å². The zero-order valence-electron chi connectivity index (χ0n) is 7.55. The van der Waals surface area contributed by atoms with Crippen LogP contribution in [0.25, 0.3) is 0 Å². The Bertz CT molecular complexity index is 296. The SMILES string of the molecule is Cc1coc(SCC2(CBr)CC2)n1. The number of halogens is 1. The van der Waals surface area contributed by atoms with Crippen molar-refractivity contribution in [3.8, 4) is 0 Å². The molecule has 4 heteroatoms. The third kappa shape index (κ3) is 2.29. The van der Waals surface area contributed by atoms with Gasteiger partial charge in [0, 0.05) is 11.1 Å². The van der Waals surface area contributed by atoms with Gasteiger partial charge < -0.3 is 4.42 Å². The molecule has 0 radical (unpaired) electrons. The van der Waals surface area contributed by atoms with Crippen LogP contribution in [-0.2, 0) is 0 Å². The summed E-state index contributed by atoms with van der Waals surface area (Å²) in [7, 11) is 0. The molecule has 0 unspecified atom stereocenters. The minimum absolute atomic E-state index is 0.535. The number of hydrogen-bond acceptors (Lipinski definition) is 3. The number of nitrogens with zero attached hydrogens (tertiary/aromatic N) is 1. The Balaban J connectivity index is 1.86. The van der Waals surface area contributed by atoms with Crippen LogP contribution in [0.3, 0.4) is 0 Å². The van der Waals surface area contributed by atoms with E-state index in [2.05, 4.69) is 20.9 Å². The minimum atomic E-state index is 0.535. The Kier molecular flexibility index (Phi) is 2.70. The summed E-state index contributed by atoms with van der Waals surface area (Å²) in [5.74, 6) is 1.12. The summed E-state index contributed by atoms with van der Waals surface area (Å²) in [6, 6.07) is 0. The summed E-state index contributed by atoms with van der Waals surface area (Å²) < 4.78 is 5.27. The first-order chi connectivity index (χ1) is 6.24. The highest BCUT2D eigenvalue weighted by molar-refractivity contribution is 9.09. The van der Waals surface area contributed by atoms with Gasteiger partial charge >= 0.3 is 0 Å². The van der Waals surface area contributed by atoms with Crippen molar-refractivity contribution in [3.05, 3.63) is 12.0 Å². The molecule has 1 fully saturated rings. The Morgan fingerprint density at radius 1 is 1.69 bits per heavy atom. The van der Waals surface area contributed by atoms with Crippen LogP contribution in [-0.4, -0.2) is 16.1 Å². The van der Waals surface area contributed by atoms with Gasteiger partial charge in [-0.05, 0) is 25.2 Å². The zero-order chi connectivity index (χ0) is 9.31. The number of thioether (sulfide) groups is 1. The summed E-state index contributed by atoms with van der Waals surface area (Å²) >= 11 is 5.28. The third-order valence-corrected chi connectivity index (χ3v) is 4.72. The highest BCUT2D eigenvalue weighted by Gasteiger charge is 2.41. The standard InChI is InChI=1S/C9H12BrNOS/c1-7-4-12-8(11-7)13-6-9(5-10)2-3-9/h4H,2-3,5-6H2,1H3. The molecule has 0 saturated heterocycles. The molecule has 0 atom stereocenters. The van der Waals surface area contributed by atoms with Crippen molar-refractivity contribution < 1.29 is 4.42 Å². The molecular weight excluding hydrogens is 250 g/mol. The molecule has 2 nitrogen and oxygen atoms in total. The number of aryl methyl sites for hydroxylation is 1. The van der Waals surface area contributed by atoms with Crippen LogP contribution >= 0.6 is 27.7 Å². The summed E-state index contributed by atoms with van der Waals surface area (Å²) in [5.41, 5.74) is 1.50. The Hall–Kier alpha value is 0.0400. The van der Waals surface area contributed by atoms with Crippen LogP contribution in [0.1, 0.15) is 18.5 Å². The maximum atomic E-state index is 5.27. The molecule has 0 bridgehead atoms. The van der Waals surface area contributed by atoms with Crippen molar-refractivity contribution in [1.29, 1.82) is 0 Å². The third-order valence-electron chi connectivity index (χ3n) is 2.34. The number of aromatic nitrogens is 1. The maximum Gasteiger partial charge on any atom is 0.255 e. The van der Waals surface area contributed by atoms with Gasteiger partial charge in [0.1, 0.15) is 6.26 Å². The van der Waals surface area contributed by atoms with Crippen LogP contribution in [0.2, 0.25) is 0 Å². The predicted octanol–water partition coefficient (Wildman–Crippen LogP) is 3.25. The average Bonchev–Trinajstić information content (AvgIpc) is 2.81. The molecule has 1 aromatic heterocycles. The number of hydrogen-bond donors (Lipinski definition) is 0. The Morgan fingerprint density at radius 2 is 2.46 bits per heavy atom. The van der Waals surface area contributed by atoms with Crippen LogP contribution in [0.4, 0.5) is 0 Å². The lowest BCUT2D eigenvalue weighted by molar-refractivity contribution is 0.453. The van der Waals surface area contributed by atoms with Gasteiger partial charge in [-0.3, -0.25) is 0 Å². The quantitative estimate of drug-likeness (QED) is 0.615. The van der Waals surface area contributed by atoms with Gasteiger partial charge in [0.15, 0.2) is 0 Å². The molecule has 0 N–H and O–H groups in total. The molecule has 0 spiro atoms. The predicted molar refractivity (Wildman–Crippen MR) is 57.4 cm³/mol. The van der Waals surface area contributed by atoms with Crippen LogP contribution in [0.15, 0.2) is 15.9 Å². The lowest BCUT2D eigenvalue weighted by Crippen LogP contribution is -2.04. The van der Waals surface area contributed by atoms with E-state index in [0.29, 0.717) is 5.41 Å². The van der Waals surface area contributed by atoms with Crippen LogP contribution < -0.4 is 0 Å². The normalized spacial score (nSPS) is 18.9. The largest absolute Gasteiger partial charge is 0.440 e. The van der Waals surface area contributed by atoms with Crippen molar-refractivity contribution in [2.45, 2.75) is 25.0 Å². The van der Waals surface area contributed by atoms with Gasteiger partial charge in [-0.2, -0.15) is 0 Å². The van der Waals surface area contributed by atoms with Gasteiger partial charge in [-0.1, -0.05) is 27.7 Å². The average molecular weight is 262 g/mol. The summed E-state index contributed by atoms with van der Waals surface area (Å²) in [6.45, 7) is 1.95. The lowest BCUT2D eigenvalue weighted by Gasteiger charge is -2.07. The molecule has 1 saturated carbocycles. The molecule has 1 aromatic rings. The Morgan fingerprint density at radius 3 is 2.92 bits per heavy atom. The van der Waals surface area contributed by atoms with Gasteiger partial charge in [-0.15, -0.1) is 0 Å². The first-order valence-electron chi connectivity index (χ1n) is 4.35. The second kappa shape index (κ2) is 3.65. The van der Waals surface area contributed by atoms with E-state index in [4.69, 9.17) is 4.42 Å². The second-order valence-electron chi connectivity index (χ2n) is 3.68. The van der Waals surface area contributed by atoms with E-state index in [0.717, 1.165) is 22.0 Å². The van der Waals surface area contributed by atoms with Crippen molar-refractivity contribution in [2.75, 3.05) is 11.1 Å². The molecule has 0 aromatic carbocycles. The fourth-order valence-corrected chi connectivity index (χ4v) is 3.27. The van der Waals surface area contributed by atoms with Crippen molar-refractivity contribution in [2.24, 2.45) is 5.41 Å². The fourth-order valence-electron chi connectivity index (χ4n) is 1.11. The molecule has 1 heterocycles. The van der Waals surface area contributed by atoms with Gasteiger partial charge in [0.05, 0.1) is 5.69 Å². The van der Waals surface area contributed by atoms with E-state index in [1.165, 1.54) is 12.8 Å². The van der Waals surface area contributed by atoms with E-state index in [1.54, 1.807) is 18.0 Å². The molecular formula is C9H12BrNOS. The first-order valence-corrected chi connectivity index (χ1v) is 6.46. The van der Waals surface area contributed by atoms with E-state index in [1.807, 2.05) is 6.92 Å². The fraction of sp³-hybridized carbons (Fsp3) is 0.667. The first kappa shape index (κ1) is 9.59. The Labute approximate surface area is 90.6 Å². The van der Waals surface area contributed by atoms with Gasteiger partial charge in [0.25, 0.3) is 5.22 Å². The van der Waals surface area contributed by atoms with E-state index in [-0.39, 0.29) is 0 Å². The monoisotopic (exact) mass is 261 g/mol. The number of rotatable bonds is 4. The summed E-state index contributed by atoms with van der Waals surface area (Å²) in [5, 5.41) is 1.91. The molecule has 0 amide bonds. The van der Waals surface area contributed by atoms with Gasteiger partial charge in [0.2, 0.25) is 0 Å². The molecule has 1 aliphatic rings. The lowest BCUT2D eigenvalue weighted by atomic mass is 10.2. The molecule has 0 aliphatic heterocycles. The molecule has 2 rings (SSSR count). The highest BCUT2D eigenvalue weighted by atomic mass is 79.9. The van der Waals surface area contributed by atoms with E-state index >= 15 is 0 Å². The number of alkyl halides is 1. The topological polar surface area (TPSA) is 26.0 Å². The summed E-state index contributed by atoms with van der Waals surface area (Å²) in [6.07, 6.45) is 4.38. The smallest absolute Gasteiger partial charge is 0.255 e. The summed E-state index contributed by atoms with van der Waals surface area (Å²) in [4.78, 5) is 4.26. The molecule has 13 heavy (non-hydrogen) atoms. The van der Waals surface area contributed by atoms with Gasteiger partial charge in [-0.25, -0.2) is 4.98 Å².